The Labute approximate surface area is 137 Å². The molecular weight excluding hydrogens is 312 g/mol. The summed E-state index contributed by atoms with van der Waals surface area (Å²) < 4.78 is 4.22. The van der Waals surface area contributed by atoms with E-state index in [1.807, 2.05) is 38.2 Å². The highest BCUT2D eigenvalue weighted by Crippen LogP contribution is 2.27. The fourth-order valence-corrected chi connectivity index (χ4v) is 3.87. The van der Waals surface area contributed by atoms with E-state index in [9.17, 15) is 9.59 Å². The highest BCUT2D eigenvalue weighted by Gasteiger charge is 2.17. The summed E-state index contributed by atoms with van der Waals surface area (Å²) in [6.45, 7) is 9.00. The monoisotopic (exact) mass is 332 g/mol. The summed E-state index contributed by atoms with van der Waals surface area (Å²) in [5.41, 5.74) is 1.36. The molecule has 23 heavy (non-hydrogen) atoms. The fourth-order valence-electron chi connectivity index (χ4n) is 2.93. The predicted octanol–water partition coefficient (Wildman–Crippen LogP) is 2.20. The summed E-state index contributed by atoms with van der Waals surface area (Å²) in [6, 6.07) is 3.95. The largest absolute Gasteiger partial charge is 0.342 e. The Balaban J connectivity index is 2.11. The normalized spacial score (nSPS) is 11.5. The molecule has 0 saturated carbocycles. The van der Waals surface area contributed by atoms with Crippen molar-refractivity contribution in [2.75, 3.05) is 13.1 Å². The predicted molar refractivity (Wildman–Crippen MR) is 92.2 cm³/mol. The Hall–Kier alpha value is -2.15. The number of hydrogen-bond donors (Lipinski definition) is 0. The Bertz CT molecular complexity index is 946. The van der Waals surface area contributed by atoms with Gasteiger partial charge in [0.15, 0.2) is 0 Å². The Kier molecular flexibility index (Phi) is 3.97. The fraction of sp³-hybridized carbons (Fsp3) is 0.438. The molecule has 0 spiro atoms. The molecule has 0 aliphatic heterocycles. The number of aryl methyl sites for hydroxylation is 2. The summed E-state index contributed by atoms with van der Waals surface area (Å²) >= 11 is 1.66. The van der Waals surface area contributed by atoms with Crippen molar-refractivity contribution < 1.29 is 4.79 Å². The number of carbonyl (C=O) groups excluding carboxylic acids is 1. The van der Waals surface area contributed by atoms with E-state index in [1.165, 1.54) is 9.56 Å². The van der Waals surface area contributed by atoms with Gasteiger partial charge in [-0.05, 0) is 39.8 Å². The quantitative estimate of drug-likeness (QED) is 0.736. The van der Waals surface area contributed by atoms with Crippen LogP contribution < -0.4 is 5.56 Å². The van der Waals surface area contributed by atoms with Crippen LogP contribution in [0.2, 0.25) is 0 Å². The number of rotatable bonds is 4. The van der Waals surface area contributed by atoms with Crippen LogP contribution >= 0.6 is 11.3 Å². The van der Waals surface area contributed by atoms with Gasteiger partial charge in [0, 0.05) is 18.0 Å². The van der Waals surface area contributed by atoms with Gasteiger partial charge >= 0.3 is 0 Å². The van der Waals surface area contributed by atoms with Crippen LogP contribution in [-0.2, 0) is 11.3 Å². The van der Waals surface area contributed by atoms with E-state index in [2.05, 4.69) is 11.2 Å². The van der Waals surface area contributed by atoms with E-state index in [-0.39, 0.29) is 18.0 Å². The number of hydrogen-bond acceptors (Lipinski definition) is 4. The minimum absolute atomic E-state index is 0.0181. The van der Waals surface area contributed by atoms with Gasteiger partial charge < -0.3 is 4.90 Å². The van der Waals surface area contributed by atoms with Crippen molar-refractivity contribution in [3.8, 4) is 0 Å². The molecule has 1 amide bonds. The maximum Gasteiger partial charge on any atom is 0.291 e. The molecule has 0 saturated heterocycles. The number of carbonyl (C=O) groups is 1. The van der Waals surface area contributed by atoms with E-state index >= 15 is 0 Å². The lowest BCUT2D eigenvalue weighted by Gasteiger charge is -2.19. The number of likely N-dealkylation sites (N-methyl/N-ethyl adjacent to an activating group) is 1. The average molecular weight is 332 g/mol. The van der Waals surface area contributed by atoms with Crippen LogP contribution in [0.1, 0.15) is 24.5 Å². The molecule has 0 N–H and O–H groups in total. The van der Waals surface area contributed by atoms with Crippen molar-refractivity contribution in [1.29, 1.82) is 0 Å². The van der Waals surface area contributed by atoms with E-state index in [0.717, 1.165) is 10.2 Å². The zero-order valence-corrected chi connectivity index (χ0v) is 14.6. The molecule has 3 aromatic heterocycles. The molecule has 0 bridgehead atoms. The maximum absolute atomic E-state index is 12.7. The van der Waals surface area contributed by atoms with Crippen LogP contribution in [0.5, 0.6) is 0 Å². The smallest absolute Gasteiger partial charge is 0.291 e. The van der Waals surface area contributed by atoms with Crippen molar-refractivity contribution in [3.05, 3.63) is 33.2 Å². The first-order chi connectivity index (χ1) is 11.0. The summed E-state index contributed by atoms with van der Waals surface area (Å²) in [6.07, 6.45) is 0. The number of nitrogens with zero attached hydrogens (tertiary/aromatic N) is 4. The van der Waals surface area contributed by atoms with Gasteiger partial charge in [-0.3, -0.25) is 14.0 Å². The third kappa shape index (κ3) is 2.55. The zero-order chi connectivity index (χ0) is 16.7. The van der Waals surface area contributed by atoms with Crippen molar-refractivity contribution >= 4 is 33.0 Å². The lowest BCUT2D eigenvalue weighted by molar-refractivity contribution is -0.131. The second-order valence-corrected chi connectivity index (χ2v) is 6.84. The van der Waals surface area contributed by atoms with Gasteiger partial charge in [-0.25, -0.2) is 4.68 Å². The molecule has 3 rings (SSSR count). The number of thiophene rings is 1. The van der Waals surface area contributed by atoms with Crippen LogP contribution in [0.3, 0.4) is 0 Å². The number of amides is 1. The van der Waals surface area contributed by atoms with Gasteiger partial charge in [0.05, 0.1) is 10.2 Å². The summed E-state index contributed by atoms with van der Waals surface area (Å²) in [5, 5.41) is 4.35. The molecule has 3 aromatic rings. The summed E-state index contributed by atoms with van der Waals surface area (Å²) in [5.74, 6) is 0.623. The molecule has 0 aromatic carbocycles. The van der Waals surface area contributed by atoms with Gasteiger partial charge in [-0.1, -0.05) is 0 Å². The maximum atomic E-state index is 12.7. The van der Waals surface area contributed by atoms with Crippen LogP contribution in [-0.4, -0.2) is 38.1 Å². The third-order valence-electron chi connectivity index (χ3n) is 4.06. The van der Waals surface area contributed by atoms with Gasteiger partial charge in [0.2, 0.25) is 5.91 Å². The minimum Gasteiger partial charge on any atom is -0.342 e. The van der Waals surface area contributed by atoms with Crippen molar-refractivity contribution in [3.63, 3.8) is 0 Å². The standard InChI is InChI=1S/C16H20N4O2S/c1-5-18(6-2)15(21)9-19-16(22)13-8-14-12(7-10(3)23-14)20(13)11(4)17-19/h7-8H,5-6,9H2,1-4H3. The van der Waals surface area contributed by atoms with E-state index in [1.54, 1.807) is 16.2 Å². The summed E-state index contributed by atoms with van der Waals surface area (Å²) in [7, 11) is 0. The Morgan fingerprint density at radius 2 is 1.91 bits per heavy atom. The number of aromatic nitrogens is 3. The van der Waals surface area contributed by atoms with Crippen LogP contribution in [0, 0.1) is 13.8 Å². The molecular formula is C16H20N4O2S. The van der Waals surface area contributed by atoms with Crippen LogP contribution in [0.25, 0.3) is 15.7 Å². The SMILES string of the molecule is CCN(CC)C(=O)Cn1nc(C)n2c(cc3sc(C)cc32)c1=O. The van der Waals surface area contributed by atoms with Crippen molar-refractivity contribution in [1.82, 2.24) is 19.1 Å². The molecule has 0 atom stereocenters. The molecule has 7 heteroatoms. The molecule has 122 valence electrons. The van der Waals surface area contributed by atoms with Crippen LogP contribution in [0.4, 0.5) is 0 Å². The van der Waals surface area contributed by atoms with E-state index in [0.29, 0.717) is 24.4 Å². The molecule has 0 aliphatic rings. The number of fused-ring (bicyclic) bond motifs is 3. The van der Waals surface area contributed by atoms with Gasteiger partial charge in [0.1, 0.15) is 17.9 Å². The zero-order valence-electron chi connectivity index (χ0n) is 13.8. The second-order valence-electron chi connectivity index (χ2n) is 5.55. The van der Waals surface area contributed by atoms with Crippen molar-refractivity contribution in [2.24, 2.45) is 0 Å². The highest BCUT2D eigenvalue weighted by atomic mass is 32.1. The van der Waals surface area contributed by atoms with Crippen molar-refractivity contribution in [2.45, 2.75) is 34.2 Å². The molecule has 0 fully saturated rings. The lowest BCUT2D eigenvalue weighted by atomic mass is 10.4. The molecule has 0 unspecified atom stereocenters. The first-order valence-electron chi connectivity index (χ1n) is 7.73. The topological polar surface area (TPSA) is 59.6 Å². The first kappa shape index (κ1) is 15.7. The van der Waals surface area contributed by atoms with Crippen LogP contribution in [0.15, 0.2) is 16.9 Å². The molecule has 3 heterocycles. The van der Waals surface area contributed by atoms with Gasteiger partial charge in [-0.15, -0.1) is 11.3 Å². The Morgan fingerprint density at radius 3 is 2.57 bits per heavy atom. The Morgan fingerprint density at radius 1 is 1.22 bits per heavy atom. The minimum atomic E-state index is -0.225. The van der Waals surface area contributed by atoms with E-state index < -0.39 is 0 Å². The average Bonchev–Trinajstić information content (AvgIpc) is 3.01. The molecule has 6 nitrogen and oxygen atoms in total. The molecule has 0 radical (unpaired) electrons. The van der Waals surface area contributed by atoms with Gasteiger partial charge in [-0.2, -0.15) is 5.10 Å². The first-order valence-corrected chi connectivity index (χ1v) is 8.55. The van der Waals surface area contributed by atoms with Gasteiger partial charge in [0.25, 0.3) is 5.56 Å². The second kappa shape index (κ2) is 5.81. The highest BCUT2D eigenvalue weighted by molar-refractivity contribution is 7.19. The molecule has 0 aliphatic carbocycles. The summed E-state index contributed by atoms with van der Waals surface area (Å²) in [4.78, 5) is 27.8. The van der Waals surface area contributed by atoms with E-state index in [4.69, 9.17) is 0 Å². The lowest BCUT2D eigenvalue weighted by Crippen LogP contribution is -2.37. The third-order valence-corrected chi connectivity index (χ3v) is 5.04.